The smallest absolute Gasteiger partial charge is 0.0839 e. The van der Waals surface area contributed by atoms with E-state index in [4.69, 9.17) is 4.74 Å². The van der Waals surface area contributed by atoms with Crippen molar-refractivity contribution in [3.05, 3.63) is 58.1 Å². The molecular formula is C25H34BrN3O. The van der Waals surface area contributed by atoms with Gasteiger partial charge in [-0.1, -0.05) is 22.0 Å². The van der Waals surface area contributed by atoms with Crippen molar-refractivity contribution in [1.29, 1.82) is 0 Å². The SMILES string of the molecule is CCN(CC)c1ccc(N2CCN(CCC3OCCc4cc(Br)ccc43)CC2)cc1. The molecule has 0 bridgehead atoms. The van der Waals surface area contributed by atoms with E-state index in [1.54, 1.807) is 0 Å². The second-order valence-electron chi connectivity index (χ2n) is 8.26. The van der Waals surface area contributed by atoms with Crippen molar-refractivity contribution in [3.8, 4) is 0 Å². The molecule has 2 heterocycles. The van der Waals surface area contributed by atoms with Gasteiger partial charge in [0.15, 0.2) is 0 Å². The van der Waals surface area contributed by atoms with Gasteiger partial charge in [0.2, 0.25) is 0 Å². The molecule has 1 atom stereocenters. The molecule has 0 spiro atoms. The molecule has 0 radical (unpaired) electrons. The summed E-state index contributed by atoms with van der Waals surface area (Å²) in [7, 11) is 0. The van der Waals surface area contributed by atoms with E-state index in [0.717, 1.165) is 65.3 Å². The van der Waals surface area contributed by atoms with Gasteiger partial charge in [-0.25, -0.2) is 0 Å². The normalized spacial score (nSPS) is 19.6. The van der Waals surface area contributed by atoms with Crippen LogP contribution >= 0.6 is 15.9 Å². The van der Waals surface area contributed by atoms with Gasteiger partial charge in [-0.05, 0) is 74.2 Å². The van der Waals surface area contributed by atoms with Crippen LogP contribution in [0.1, 0.15) is 37.5 Å². The molecule has 1 unspecified atom stereocenters. The molecule has 30 heavy (non-hydrogen) atoms. The summed E-state index contributed by atoms with van der Waals surface area (Å²) in [5, 5.41) is 0. The molecule has 2 aliphatic heterocycles. The van der Waals surface area contributed by atoms with Gasteiger partial charge in [0.1, 0.15) is 0 Å². The minimum atomic E-state index is 0.243. The van der Waals surface area contributed by atoms with Gasteiger partial charge in [0.25, 0.3) is 0 Å². The summed E-state index contributed by atoms with van der Waals surface area (Å²) in [4.78, 5) is 7.51. The van der Waals surface area contributed by atoms with Crippen LogP contribution in [0, 0.1) is 0 Å². The maximum absolute atomic E-state index is 6.12. The lowest BCUT2D eigenvalue weighted by molar-refractivity contribution is 0.0289. The van der Waals surface area contributed by atoms with Crippen LogP contribution < -0.4 is 9.80 Å². The lowest BCUT2D eigenvalue weighted by Crippen LogP contribution is -2.47. The third kappa shape index (κ3) is 5.01. The number of piperazine rings is 1. The molecule has 4 nitrogen and oxygen atoms in total. The third-order valence-corrected chi connectivity index (χ3v) is 7.06. The Balaban J connectivity index is 1.28. The van der Waals surface area contributed by atoms with Gasteiger partial charge >= 0.3 is 0 Å². The Labute approximate surface area is 189 Å². The summed E-state index contributed by atoms with van der Waals surface area (Å²) in [6.07, 6.45) is 2.34. The van der Waals surface area contributed by atoms with Crippen molar-refractivity contribution in [3.63, 3.8) is 0 Å². The molecule has 0 aliphatic carbocycles. The van der Waals surface area contributed by atoms with Crippen molar-refractivity contribution in [1.82, 2.24) is 4.90 Å². The van der Waals surface area contributed by atoms with Gasteiger partial charge in [0.05, 0.1) is 12.7 Å². The van der Waals surface area contributed by atoms with Gasteiger partial charge in [-0.2, -0.15) is 0 Å². The van der Waals surface area contributed by atoms with Gasteiger partial charge in [-0.3, -0.25) is 4.90 Å². The maximum Gasteiger partial charge on any atom is 0.0839 e. The molecule has 4 rings (SSSR count). The number of halogens is 1. The van der Waals surface area contributed by atoms with Crippen molar-refractivity contribution < 1.29 is 4.74 Å². The Hall–Kier alpha value is -1.56. The molecule has 2 aromatic rings. The van der Waals surface area contributed by atoms with E-state index in [2.05, 4.69) is 86.9 Å². The standard InChI is InChI=1S/C25H34BrN3O/c1-3-28(4-2)22-6-8-23(9-7-22)29-16-14-27(15-17-29)13-11-25-24-10-5-21(26)19-20(24)12-18-30-25/h5-10,19,25H,3-4,11-18H2,1-2H3. The molecule has 2 aliphatic rings. The Kier molecular flexibility index (Phi) is 7.34. The van der Waals surface area contributed by atoms with Crippen molar-refractivity contribution >= 4 is 27.3 Å². The van der Waals surface area contributed by atoms with Gasteiger partial charge in [-0.15, -0.1) is 0 Å². The van der Waals surface area contributed by atoms with E-state index in [1.165, 1.54) is 27.0 Å². The fraction of sp³-hybridized carbons (Fsp3) is 0.520. The highest BCUT2D eigenvalue weighted by Gasteiger charge is 2.23. The predicted octanol–water partition coefficient (Wildman–Crippen LogP) is 5.12. The summed E-state index contributed by atoms with van der Waals surface area (Å²) in [5.74, 6) is 0. The zero-order valence-electron chi connectivity index (χ0n) is 18.3. The lowest BCUT2D eigenvalue weighted by atomic mass is 9.95. The number of hydrogen-bond donors (Lipinski definition) is 0. The van der Waals surface area contributed by atoms with E-state index in [1.807, 2.05) is 0 Å². The quantitative estimate of drug-likeness (QED) is 0.557. The zero-order chi connectivity index (χ0) is 20.9. The van der Waals surface area contributed by atoms with Crippen LogP contribution in [0.25, 0.3) is 0 Å². The van der Waals surface area contributed by atoms with Crippen LogP contribution in [0.15, 0.2) is 46.9 Å². The molecule has 1 fully saturated rings. The average Bonchev–Trinajstić information content (AvgIpc) is 2.79. The van der Waals surface area contributed by atoms with Crippen molar-refractivity contribution in [2.75, 3.05) is 62.2 Å². The number of anilines is 2. The first-order valence-electron chi connectivity index (χ1n) is 11.4. The second-order valence-corrected chi connectivity index (χ2v) is 9.17. The maximum atomic E-state index is 6.12. The molecule has 1 saturated heterocycles. The summed E-state index contributed by atoms with van der Waals surface area (Å²) in [6.45, 7) is 12.9. The number of fused-ring (bicyclic) bond motifs is 1. The van der Waals surface area contributed by atoms with Crippen LogP contribution in [0.5, 0.6) is 0 Å². The van der Waals surface area contributed by atoms with Crippen LogP contribution in [0.3, 0.4) is 0 Å². The first-order valence-corrected chi connectivity index (χ1v) is 12.2. The Morgan fingerprint density at radius 2 is 1.73 bits per heavy atom. The molecule has 0 saturated carbocycles. The topological polar surface area (TPSA) is 19.0 Å². The third-order valence-electron chi connectivity index (χ3n) is 6.57. The van der Waals surface area contributed by atoms with Gasteiger partial charge in [0, 0.05) is 61.7 Å². The molecule has 5 heteroatoms. The summed E-state index contributed by atoms with van der Waals surface area (Å²) in [6, 6.07) is 15.8. The molecular weight excluding hydrogens is 438 g/mol. The highest BCUT2D eigenvalue weighted by molar-refractivity contribution is 9.10. The summed E-state index contributed by atoms with van der Waals surface area (Å²) in [5.41, 5.74) is 5.50. The predicted molar refractivity (Wildman–Crippen MR) is 130 cm³/mol. The molecule has 162 valence electrons. The Bertz CT molecular complexity index is 814. The number of benzene rings is 2. The Morgan fingerprint density at radius 3 is 2.43 bits per heavy atom. The zero-order valence-corrected chi connectivity index (χ0v) is 19.9. The number of ether oxygens (including phenoxy) is 1. The van der Waals surface area contributed by atoms with Crippen LogP contribution in [0.4, 0.5) is 11.4 Å². The van der Waals surface area contributed by atoms with E-state index in [9.17, 15) is 0 Å². The fourth-order valence-electron chi connectivity index (χ4n) is 4.74. The van der Waals surface area contributed by atoms with Gasteiger partial charge < -0.3 is 14.5 Å². The Morgan fingerprint density at radius 1 is 1.00 bits per heavy atom. The average molecular weight is 472 g/mol. The highest BCUT2D eigenvalue weighted by Crippen LogP contribution is 2.32. The first-order chi connectivity index (χ1) is 14.7. The minimum absolute atomic E-state index is 0.243. The van der Waals surface area contributed by atoms with E-state index >= 15 is 0 Å². The fourth-order valence-corrected chi connectivity index (χ4v) is 5.15. The molecule has 0 aromatic heterocycles. The van der Waals surface area contributed by atoms with Crippen LogP contribution in [0.2, 0.25) is 0 Å². The number of hydrogen-bond acceptors (Lipinski definition) is 4. The first kappa shape index (κ1) is 21.7. The second kappa shape index (κ2) is 10.2. The number of rotatable bonds is 7. The van der Waals surface area contributed by atoms with Crippen molar-refractivity contribution in [2.45, 2.75) is 32.8 Å². The van der Waals surface area contributed by atoms with E-state index in [-0.39, 0.29) is 6.10 Å². The number of nitrogens with zero attached hydrogens (tertiary/aromatic N) is 3. The summed E-state index contributed by atoms with van der Waals surface area (Å²) < 4.78 is 7.29. The lowest BCUT2D eigenvalue weighted by Gasteiger charge is -2.37. The molecule has 2 aromatic carbocycles. The largest absolute Gasteiger partial charge is 0.373 e. The van der Waals surface area contributed by atoms with Crippen LogP contribution in [-0.2, 0) is 11.2 Å². The van der Waals surface area contributed by atoms with E-state index < -0.39 is 0 Å². The van der Waals surface area contributed by atoms with E-state index in [0.29, 0.717) is 0 Å². The van der Waals surface area contributed by atoms with Crippen molar-refractivity contribution in [2.24, 2.45) is 0 Å². The monoisotopic (exact) mass is 471 g/mol. The minimum Gasteiger partial charge on any atom is -0.373 e. The highest BCUT2D eigenvalue weighted by atomic mass is 79.9. The van der Waals surface area contributed by atoms with Crippen LogP contribution in [-0.4, -0.2) is 57.3 Å². The summed E-state index contributed by atoms with van der Waals surface area (Å²) >= 11 is 3.60. The molecule has 0 amide bonds. The molecule has 0 N–H and O–H groups in total.